The summed E-state index contributed by atoms with van der Waals surface area (Å²) in [6.45, 7) is 5.16. The molecule has 1 saturated carbocycles. The number of rotatable bonds is 3. The van der Waals surface area contributed by atoms with Gasteiger partial charge in [0.05, 0.1) is 0 Å². The Morgan fingerprint density at radius 3 is 2.57 bits per heavy atom. The maximum atomic E-state index is 11.8. The molecule has 2 fully saturated rings. The van der Waals surface area contributed by atoms with Crippen molar-refractivity contribution in [3.8, 4) is 0 Å². The molecule has 3 nitrogen and oxygen atoms in total. The fraction of sp³-hybridized carbons (Fsp3) is 0.909. The molecule has 2 aliphatic rings. The molecule has 0 bridgehead atoms. The summed E-state index contributed by atoms with van der Waals surface area (Å²) in [5, 5.41) is 0. The second-order valence-electron chi connectivity index (χ2n) is 4.95. The first kappa shape index (κ1) is 9.97. The molecule has 2 rings (SSSR count). The zero-order chi connectivity index (χ0) is 10.3. The van der Waals surface area contributed by atoms with Gasteiger partial charge in [0.2, 0.25) is 5.91 Å². The zero-order valence-electron chi connectivity index (χ0n) is 9.12. The number of carbonyl (C=O) groups is 1. The highest BCUT2D eigenvalue weighted by Gasteiger charge is 2.48. The Morgan fingerprint density at radius 1 is 1.57 bits per heavy atom. The van der Waals surface area contributed by atoms with Crippen molar-refractivity contribution in [2.45, 2.75) is 51.1 Å². The first-order valence-corrected chi connectivity index (χ1v) is 5.64. The summed E-state index contributed by atoms with van der Waals surface area (Å²) in [7, 11) is 0. The van der Waals surface area contributed by atoms with Gasteiger partial charge in [-0.3, -0.25) is 4.79 Å². The normalized spacial score (nSPS) is 32.1. The van der Waals surface area contributed by atoms with Gasteiger partial charge in [0, 0.05) is 24.5 Å². The molecule has 0 aromatic rings. The van der Waals surface area contributed by atoms with Crippen LogP contribution < -0.4 is 5.73 Å². The quantitative estimate of drug-likeness (QED) is 0.735. The van der Waals surface area contributed by atoms with Gasteiger partial charge in [-0.25, -0.2) is 0 Å². The number of nitrogens with zero attached hydrogens (tertiary/aromatic N) is 1. The predicted octanol–water partition coefficient (Wildman–Crippen LogP) is 1.12. The third-order valence-electron chi connectivity index (χ3n) is 3.94. The fourth-order valence-electron chi connectivity index (χ4n) is 2.63. The van der Waals surface area contributed by atoms with Crippen LogP contribution in [0.15, 0.2) is 0 Å². The summed E-state index contributed by atoms with van der Waals surface area (Å²) in [4.78, 5) is 13.8. The summed E-state index contributed by atoms with van der Waals surface area (Å²) in [6.07, 6.45) is 4.16. The van der Waals surface area contributed by atoms with E-state index < -0.39 is 0 Å². The van der Waals surface area contributed by atoms with Gasteiger partial charge in [0.1, 0.15) is 0 Å². The van der Waals surface area contributed by atoms with Gasteiger partial charge in [0.15, 0.2) is 0 Å². The maximum Gasteiger partial charge on any atom is 0.224 e. The minimum atomic E-state index is 0.0622. The molecule has 1 amide bonds. The van der Waals surface area contributed by atoms with E-state index in [1.54, 1.807) is 0 Å². The van der Waals surface area contributed by atoms with E-state index in [1.807, 2.05) is 4.90 Å². The number of hydrogen-bond acceptors (Lipinski definition) is 2. The predicted molar refractivity (Wildman–Crippen MR) is 55.7 cm³/mol. The molecule has 1 heterocycles. The van der Waals surface area contributed by atoms with Crippen molar-refractivity contribution < 1.29 is 4.79 Å². The van der Waals surface area contributed by atoms with Crippen LogP contribution in [0.3, 0.4) is 0 Å². The molecule has 0 spiro atoms. The van der Waals surface area contributed by atoms with Crippen LogP contribution in [0.5, 0.6) is 0 Å². The molecule has 1 saturated heterocycles. The Labute approximate surface area is 85.6 Å². The van der Waals surface area contributed by atoms with E-state index >= 15 is 0 Å². The maximum absolute atomic E-state index is 11.8. The zero-order valence-corrected chi connectivity index (χ0v) is 9.12. The summed E-state index contributed by atoms with van der Waals surface area (Å²) >= 11 is 0. The standard InChI is InChI=1S/C11H20N2O/c1-3-11(2,8-4-5-8)13-7-9(12)6-10(13)14/h8-9H,3-7,12H2,1-2H3. The molecular weight excluding hydrogens is 176 g/mol. The third-order valence-corrected chi connectivity index (χ3v) is 3.94. The van der Waals surface area contributed by atoms with Crippen LogP contribution in [0.2, 0.25) is 0 Å². The Hall–Kier alpha value is -0.570. The molecule has 3 heteroatoms. The van der Waals surface area contributed by atoms with E-state index in [0.717, 1.165) is 18.9 Å². The van der Waals surface area contributed by atoms with Gasteiger partial charge in [-0.1, -0.05) is 6.92 Å². The SMILES string of the molecule is CCC(C)(C1CC1)N1CC(N)CC1=O. The fourth-order valence-corrected chi connectivity index (χ4v) is 2.63. The van der Waals surface area contributed by atoms with Crippen molar-refractivity contribution in [3.63, 3.8) is 0 Å². The van der Waals surface area contributed by atoms with Gasteiger partial charge in [0.25, 0.3) is 0 Å². The average molecular weight is 196 g/mol. The monoisotopic (exact) mass is 196 g/mol. The molecule has 2 unspecified atom stereocenters. The molecule has 1 aliphatic heterocycles. The largest absolute Gasteiger partial charge is 0.335 e. The lowest BCUT2D eigenvalue weighted by Crippen LogP contribution is -2.49. The molecule has 0 aromatic carbocycles. The average Bonchev–Trinajstić information content (AvgIpc) is 2.92. The van der Waals surface area contributed by atoms with E-state index in [1.165, 1.54) is 12.8 Å². The molecule has 2 N–H and O–H groups in total. The van der Waals surface area contributed by atoms with E-state index in [9.17, 15) is 4.79 Å². The Balaban J connectivity index is 2.15. The summed E-state index contributed by atoms with van der Waals surface area (Å²) < 4.78 is 0. The lowest BCUT2D eigenvalue weighted by atomic mass is 9.90. The first-order chi connectivity index (χ1) is 6.58. The molecule has 0 radical (unpaired) electrons. The van der Waals surface area contributed by atoms with Crippen LogP contribution in [-0.2, 0) is 4.79 Å². The molecule has 0 aromatic heterocycles. The highest BCUT2D eigenvalue weighted by molar-refractivity contribution is 5.80. The van der Waals surface area contributed by atoms with Gasteiger partial charge < -0.3 is 10.6 Å². The van der Waals surface area contributed by atoms with Crippen LogP contribution in [0.1, 0.15) is 39.5 Å². The second kappa shape index (κ2) is 3.23. The number of likely N-dealkylation sites (tertiary alicyclic amines) is 1. The molecule has 80 valence electrons. The van der Waals surface area contributed by atoms with E-state index in [4.69, 9.17) is 5.73 Å². The van der Waals surface area contributed by atoms with Crippen LogP contribution >= 0.6 is 0 Å². The van der Waals surface area contributed by atoms with Crippen LogP contribution in [0, 0.1) is 5.92 Å². The van der Waals surface area contributed by atoms with Gasteiger partial charge in [-0.15, -0.1) is 0 Å². The number of carbonyl (C=O) groups excluding carboxylic acids is 1. The van der Waals surface area contributed by atoms with E-state index in [-0.39, 0.29) is 17.5 Å². The number of hydrogen-bond donors (Lipinski definition) is 1. The molecule has 1 aliphatic carbocycles. The Morgan fingerprint density at radius 2 is 2.21 bits per heavy atom. The Bertz CT molecular complexity index is 250. The number of nitrogens with two attached hydrogens (primary N) is 1. The van der Waals surface area contributed by atoms with Crippen molar-refractivity contribution >= 4 is 5.91 Å². The summed E-state index contributed by atoms with van der Waals surface area (Å²) in [5.74, 6) is 0.982. The van der Waals surface area contributed by atoms with Gasteiger partial charge in [-0.05, 0) is 32.1 Å². The lowest BCUT2D eigenvalue weighted by Gasteiger charge is -2.39. The highest BCUT2D eigenvalue weighted by Crippen LogP contribution is 2.46. The Kier molecular flexibility index (Phi) is 2.30. The lowest BCUT2D eigenvalue weighted by molar-refractivity contribution is -0.133. The van der Waals surface area contributed by atoms with Gasteiger partial charge in [-0.2, -0.15) is 0 Å². The van der Waals surface area contributed by atoms with Crippen molar-refractivity contribution in [1.82, 2.24) is 4.90 Å². The number of amides is 1. The molecule has 14 heavy (non-hydrogen) atoms. The first-order valence-electron chi connectivity index (χ1n) is 5.64. The third kappa shape index (κ3) is 1.44. The smallest absolute Gasteiger partial charge is 0.224 e. The topological polar surface area (TPSA) is 46.3 Å². The minimum Gasteiger partial charge on any atom is -0.335 e. The second-order valence-corrected chi connectivity index (χ2v) is 4.95. The van der Waals surface area contributed by atoms with Crippen LogP contribution in [0.25, 0.3) is 0 Å². The summed E-state index contributed by atoms with van der Waals surface area (Å²) in [6, 6.07) is 0.0622. The molecular formula is C11H20N2O. The van der Waals surface area contributed by atoms with Crippen molar-refractivity contribution in [3.05, 3.63) is 0 Å². The molecule has 2 atom stereocenters. The van der Waals surface area contributed by atoms with Crippen LogP contribution in [-0.4, -0.2) is 28.9 Å². The minimum absolute atomic E-state index is 0.0622. The van der Waals surface area contributed by atoms with Gasteiger partial charge >= 0.3 is 0 Å². The van der Waals surface area contributed by atoms with Crippen molar-refractivity contribution in [2.24, 2.45) is 11.7 Å². The highest BCUT2D eigenvalue weighted by atomic mass is 16.2. The summed E-state index contributed by atoms with van der Waals surface area (Å²) in [5.41, 5.74) is 5.91. The van der Waals surface area contributed by atoms with E-state index in [2.05, 4.69) is 13.8 Å². The van der Waals surface area contributed by atoms with Crippen LogP contribution in [0.4, 0.5) is 0 Å². The van der Waals surface area contributed by atoms with Crippen molar-refractivity contribution in [1.29, 1.82) is 0 Å². The van der Waals surface area contributed by atoms with Crippen molar-refractivity contribution in [2.75, 3.05) is 6.54 Å². The van der Waals surface area contributed by atoms with E-state index in [0.29, 0.717) is 6.42 Å².